The molecule has 0 atom stereocenters. The van der Waals surface area contributed by atoms with Crippen molar-refractivity contribution in [3.8, 4) is 21.6 Å². The molecule has 0 saturated carbocycles. The first-order valence-electron chi connectivity index (χ1n) is 6.93. The summed E-state index contributed by atoms with van der Waals surface area (Å²) in [6.07, 6.45) is 0. The van der Waals surface area contributed by atoms with Gasteiger partial charge in [-0.3, -0.25) is 4.57 Å². The lowest BCUT2D eigenvalue weighted by Crippen LogP contribution is -2.08. The Kier molecular flexibility index (Phi) is 3.52. The Hall–Kier alpha value is -2.02. The van der Waals surface area contributed by atoms with Crippen LogP contribution in [0.5, 0.6) is 0 Å². The fourth-order valence-corrected chi connectivity index (χ4v) is 5.49. The van der Waals surface area contributed by atoms with E-state index in [1.165, 1.54) is 4.57 Å². The van der Waals surface area contributed by atoms with Gasteiger partial charge in [0, 0.05) is 12.6 Å². The van der Waals surface area contributed by atoms with Crippen LogP contribution < -0.4 is 5.76 Å². The molecule has 2 aromatic carbocycles. The molecule has 0 aliphatic carbocycles. The van der Waals surface area contributed by atoms with Crippen molar-refractivity contribution in [2.24, 2.45) is 7.05 Å². The molecule has 0 spiro atoms. The topological polar surface area (TPSA) is 35.1 Å². The molecule has 0 fully saturated rings. The summed E-state index contributed by atoms with van der Waals surface area (Å²) in [4.78, 5) is 12.8. The second-order valence-corrected chi connectivity index (χ2v) is 7.95. The smallest absolute Gasteiger partial charge is 0.408 e. The van der Waals surface area contributed by atoms with Gasteiger partial charge in [0.25, 0.3) is 0 Å². The molecule has 0 saturated heterocycles. The zero-order chi connectivity index (χ0) is 16.0. The van der Waals surface area contributed by atoms with Crippen molar-refractivity contribution in [3.05, 3.63) is 62.9 Å². The second-order valence-electron chi connectivity index (χ2n) is 5.13. The van der Waals surface area contributed by atoms with Crippen molar-refractivity contribution >= 4 is 44.0 Å². The molecule has 0 aliphatic heterocycles. The highest BCUT2D eigenvalue weighted by Crippen LogP contribution is 2.41. The Balaban J connectivity index is 1.96. The van der Waals surface area contributed by atoms with Gasteiger partial charge in [-0.1, -0.05) is 69.3 Å². The van der Waals surface area contributed by atoms with Crippen molar-refractivity contribution < 1.29 is 4.42 Å². The number of aromatic nitrogens is 1. The minimum absolute atomic E-state index is 0.349. The maximum Gasteiger partial charge on any atom is 0.419 e. The zero-order valence-electron chi connectivity index (χ0n) is 12.1. The van der Waals surface area contributed by atoms with E-state index in [4.69, 9.17) is 16.6 Å². The first-order chi connectivity index (χ1) is 11.1. The van der Waals surface area contributed by atoms with Gasteiger partial charge >= 0.3 is 5.76 Å². The lowest BCUT2D eigenvalue weighted by atomic mass is 10.0. The first kappa shape index (κ1) is 14.6. The van der Waals surface area contributed by atoms with Crippen LogP contribution in [-0.4, -0.2) is 4.57 Å². The Morgan fingerprint density at radius 2 is 1.83 bits per heavy atom. The normalized spacial score (nSPS) is 11.2. The van der Waals surface area contributed by atoms with Crippen LogP contribution in [0.25, 0.3) is 32.7 Å². The summed E-state index contributed by atoms with van der Waals surface area (Å²) in [7, 11) is 4.95. The molecule has 3 nitrogen and oxygen atoms in total. The molecule has 2 aromatic heterocycles. The van der Waals surface area contributed by atoms with E-state index in [1.54, 1.807) is 27.7 Å². The van der Waals surface area contributed by atoms with Gasteiger partial charge in [0.1, 0.15) is 3.82 Å². The monoisotopic (exact) mass is 357 g/mol. The minimum Gasteiger partial charge on any atom is -0.408 e. The van der Waals surface area contributed by atoms with Crippen LogP contribution in [0.2, 0.25) is 0 Å². The predicted octanol–water partition coefficient (Wildman–Crippen LogP) is 5.32. The third-order valence-electron chi connectivity index (χ3n) is 3.75. The average Bonchev–Trinajstić information content (AvgIpc) is 3.08. The molecule has 0 amide bonds. The highest BCUT2D eigenvalue weighted by atomic mass is 32.9. The van der Waals surface area contributed by atoms with Crippen LogP contribution in [0, 0.1) is 3.82 Å². The van der Waals surface area contributed by atoms with Gasteiger partial charge in [-0.15, -0.1) is 0 Å². The Morgan fingerprint density at radius 1 is 1.04 bits per heavy atom. The van der Waals surface area contributed by atoms with E-state index in [0.717, 1.165) is 30.9 Å². The van der Waals surface area contributed by atoms with E-state index in [0.29, 0.717) is 5.58 Å². The average molecular weight is 357 g/mol. The van der Waals surface area contributed by atoms with Crippen LogP contribution >= 0.6 is 32.9 Å². The van der Waals surface area contributed by atoms with Crippen molar-refractivity contribution in [1.29, 1.82) is 0 Å². The third kappa shape index (κ3) is 2.39. The van der Waals surface area contributed by atoms with Gasteiger partial charge in [0.15, 0.2) is 5.58 Å². The number of nitrogens with zero attached hydrogens (tertiary/aromatic N) is 1. The summed E-state index contributed by atoms with van der Waals surface area (Å²) < 4.78 is 7.69. The summed E-state index contributed by atoms with van der Waals surface area (Å²) in [6, 6.07) is 16.0. The molecule has 0 N–H and O–H groups in total. The zero-order valence-corrected chi connectivity index (χ0v) is 14.6. The van der Waals surface area contributed by atoms with Gasteiger partial charge in [-0.2, -0.15) is 0 Å². The molecule has 0 radical (unpaired) electrons. The lowest BCUT2D eigenvalue weighted by molar-refractivity contribution is 0.528. The van der Waals surface area contributed by atoms with Crippen molar-refractivity contribution in [3.63, 3.8) is 0 Å². The van der Waals surface area contributed by atoms with E-state index in [-0.39, 0.29) is 5.76 Å². The molecule has 114 valence electrons. The third-order valence-corrected chi connectivity index (χ3v) is 6.81. The van der Waals surface area contributed by atoms with Gasteiger partial charge in [0.05, 0.1) is 10.4 Å². The van der Waals surface area contributed by atoms with Gasteiger partial charge in [-0.05, 0) is 23.3 Å². The molecule has 0 unspecified atom stereocenters. The number of fused-ring (bicyclic) bond motifs is 1. The van der Waals surface area contributed by atoms with Crippen LogP contribution in [0.4, 0.5) is 0 Å². The van der Waals surface area contributed by atoms with E-state index in [1.807, 2.05) is 36.4 Å². The summed E-state index contributed by atoms with van der Waals surface area (Å²) in [6.45, 7) is 0. The number of rotatable bonds is 2. The first-order valence-corrected chi connectivity index (χ1v) is 9.49. The van der Waals surface area contributed by atoms with Gasteiger partial charge in [-0.25, -0.2) is 4.79 Å². The number of oxazole rings is 1. The fourth-order valence-electron chi connectivity index (χ4n) is 2.58. The van der Waals surface area contributed by atoms with E-state index in [9.17, 15) is 4.79 Å². The Bertz CT molecular complexity index is 1120. The van der Waals surface area contributed by atoms with Crippen molar-refractivity contribution in [2.75, 3.05) is 0 Å². The number of hydrogen-bond donors (Lipinski definition) is 0. The Labute approximate surface area is 144 Å². The second kappa shape index (κ2) is 5.56. The fraction of sp³-hybridized carbons (Fsp3) is 0.0588. The largest absolute Gasteiger partial charge is 0.419 e. The lowest BCUT2D eigenvalue weighted by Gasteiger charge is -2.04. The van der Waals surface area contributed by atoms with E-state index in [2.05, 4.69) is 12.1 Å². The predicted molar refractivity (Wildman–Crippen MR) is 98.9 cm³/mol. The molecule has 23 heavy (non-hydrogen) atoms. The molecule has 0 aliphatic rings. The summed E-state index contributed by atoms with van der Waals surface area (Å²) in [5.74, 6) is -0.349. The molecule has 2 heterocycles. The van der Waals surface area contributed by atoms with Gasteiger partial charge < -0.3 is 4.42 Å². The van der Waals surface area contributed by atoms with Crippen LogP contribution in [0.15, 0.2) is 57.7 Å². The molecule has 0 bridgehead atoms. The van der Waals surface area contributed by atoms with E-state index >= 15 is 0 Å². The molecular formula is C17H11NO2S3. The van der Waals surface area contributed by atoms with Crippen LogP contribution in [0.3, 0.4) is 0 Å². The van der Waals surface area contributed by atoms with Crippen molar-refractivity contribution in [2.45, 2.75) is 0 Å². The Morgan fingerprint density at radius 3 is 2.61 bits per heavy atom. The number of hydrogen-bond acceptors (Lipinski definition) is 5. The molecule has 4 rings (SSSR count). The summed E-state index contributed by atoms with van der Waals surface area (Å²) >= 11 is 5.53. The maximum atomic E-state index is 11.7. The number of benzene rings is 2. The summed E-state index contributed by atoms with van der Waals surface area (Å²) in [5.41, 5.74) is 4.59. The molecule has 6 heteroatoms. The highest BCUT2D eigenvalue weighted by Gasteiger charge is 2.14. The van der Waals surface area contributed by atoms with Crippen molar-refractivity contribution in [1.82, 2.24) is 4.57 Å². The van der Waals surface area contributed by atoms with Crippen LogP contribution in [0.1, 0.15) is 0 Å². The van der Waals surface area contributed by atoms with Crippen LogP contribution in [-0.2, 0) is 7.05 Å². The number of aryl methyl sites for hydroxylation is 1. The molecule has 4 aromatic rings. The SMILES string of the molecule is Cn1c(=O)oc2cc(-c3ssc(=S)c3-c3ccccc3)ccc21. The van der Waals surface area contributed by atoms with E-state index < -0.39 is 0 Å². The maximum absolute atomic E-state index is 11.7. The quantitative estimate of drug-likeness (QED) is 0.360. The summed E-state index contributed by atoms with van der Waals surface area (Å²) in [5, 5.41) is 0. The van der Waals surface area contributed by atoms with Gasteiger partial charge in [0.2, 0.25) is 0 Å². The minimum atomic E-state index is -0.349. The standard InChI is InChI=1S/C17H11NO2S3/c1-18-12-8-7-11(9-13(12)20-17(18)19)15-14(16(21)23-22-15)10-5-3-2-4-6-10/h2-9H,1H3. The highest BCUT2D eigenvalue weighted by molar-refractivity contribution is 7.80. The molecular weight excluding hydrogens is 346 g/mol.